The number of hydrogen-bond donors (Lipinski definition) is 3. The maximum Gasteiger partial charge on any atom is 0.233 e. The number of carbonyl (C=O) groups excluding carboxylic acids is 2. The number of para-hydroxylation sites is 2. The number of imide groups is 1. The highest BCUT2D eigenvalue weighted by molar-refractivity contribution is 6.05. The Morgan fingerprint density at radius 1 is 0.939 bits per heavy atom. The fourth-order valence-corrected chi connectivity index (χ4v) is 5.21. The zero-order valence-electron chi connectivity index (χ0n) is 19.3. The van der Waals surface area contributed by atoms with Crippen molar-refractivity contribution in [3.63, 3.8) is 0 Å². The molecule has 33 heavy (non-hydrogen) atoms. The van der Waals surface area contributed by atoms with E-state index in [0.717, 1.165) is 42.5 Å². The number of benzene rings is 1. The standard InChI is InChI=1S/C24H35N3O6/c1-15(2)33-22-6-4-3-5-19(22)26-9-7-25(8-10-26)13-16(28)14-27-23(31)17-11-20(29)21(30)12-18(17)24(27)32/h3-6,15-18,20-21,28-30H,7-14H2,1-2H3. The van der Waals surface area contributed by atoms with Crippen molar-refractivity contribution in [3.8, 4) is 5.75 Å². The van der Waals surface area contributed by atoms with E-state index in [1.807, 2.05) is 32.0 Å². The summed E-state index contributed by atoms with van der Waals surface area (Å²) in [5.74, 6) is -1.02. The van der Waals surface area contributed by atoms with Crippen LogP contribution in [0.1, 0.15) is 26.7 Å². The molecular weight excluding hydrogens is 426 g/mol. The molecule has 4 rings (SSSR count). The summed E-state index contributed by atoms with van der Waals surface area (Å²) < 4.78 is 5.94. The summed E-state index contributed by atoms with van der Waals surface area (Å²) in [5, 5.41) is 30.4. The van der Waals surface area contributed by atoms with Crippen molar-refractivity contribution >= 4 is 17.5 Å². The number of anilines is 1. The number of amides is 2. The van der Waals surface area contributed by atoms with E-state index in [0.29, 0.717) is 6.54 Å². The number of rotatable bonds is 7. The molecule has 0 bridgehead atoms. The molecule has 0 radical (unpaired) electrons. The quantitative estimate of drug-likeness (QED) is 0.489. The molecule has 0 aromatic heterocycles. The van der Waals surface area contributed by atoms with Crippen LogP contribution in [-0.4, -0.2) is 101 Å². The predicted molar refractivity (Wildman–Crippen MR) is 122 cm³/mol. The van der Waals surface area contributed by atoms with E-state index in [2.05, 4.69) is 15.9 Å². The van der Waals surface area contributed by atoms with Crippen LogP contribution in [0.4, 0.5) is 5.69 Å². The summed E-state index contributed by atoms with van der Waals surface area (Å²) >= 11 is 0. The largest absolute Gasteiger partial charge is 0.489 e. The van der Waals surface area contributed by atoms with Gasteiger partial charge in [0, 0.05) is 32.7 Å². The number of fused-ring (bicyclic) bond motifs is 1. The molecule has 5 atom stereocenters. The molecule has 2 saturated heterocycles. The molecule has 2 aliphatic heterocycles. The number of carbonyl (C=O) groups is 2. The minimum absolute atomic E-state index is 0.0534. The van der Waals surface area contributed by atoms with E-state index < -0.39 is 30.1 Å². The molecule has 3 N–H and O–H groups in total. The Morgan fingerprint density at radius 3 is 2.09 bits per heavy atom. The molecule has 2 amide bonds. The molecule has 9 heteroatoms. The summed E-state index contributed by atoms with van der Waals surface area (Å²) in [4.78, 5) is 31.0. The van der Waals surface area contributed by atoms with Crippen LogP contribution in [0, 0.1) is 11.8 Å². The molecule has 0 spiro atoms. The summed E-state index contributed by atoms with van der Waals surface area (Å²) in [6, 6.07) is 8.00. The fourth-order valence-electron chi connectivity index (χ4n) is 5.21. The lowest BCUT2D eigenvalue weighted by Crippen LogP contribution is -2.50. The van der Waals surface area contributed by atoms with Crippen molar-refractivity contribution in [2.45, 2.75) is 51.1 Å². The summed E-state index contributed by atoms with van der Waals surface area (Å²) in [7, 11) is 0. The minimum atomic E-state index is -0.986. The van der Waals surface area contributed by atoms with Crippen molar-refractivity contribution in [1.29, 1.82) is 0 Å². The lowest BCUT2D eigenvalue weighted by atomic mass is 9.78. The van der Waals surface area contributed by atoms with Gasteiger partial charge in [0.25, 0.3) is 0 Å². The first-order chi connectivity index (χ1) is 15.7. The van der Waals surface area contributed by atoms with E-state index >= 15 is 0 Å². The Kier molecular flexibility index (Phi) is 7.23. The average Bonchev–Trinajstić information content (AvgIpc) is 2.99. The van der Waals surface area contributed by atoms with E-state index in [4.69, 9.17) is 4.74 Å². The third-order valence-electron chi connectivity index (χ3n) is 6.89. The van der Waals surface area contributed by atoms with Gasteiger partial charge < -0.3 is 25.0 Å². The first-order valence-corrected chi connectivity index (χ1v) is 11.9. The molecule has 1 aromatic rings. The number of aliphatic hydroxyl groups is 3. The molecule has 2 heterocycles. The van der Waals surface area contributed by atoms with Crippen molar-refractivity contribution in [3.05, 3.63) is 24.3 Å². The number of ether oxygens (including phenoxy) is 1. The van der Waals surface area contributed by atoms with Crippen LogP contribution >= 0.6 is 0 Å². The molecule has 1 aromatic carbocycles. The van der Waals surface area contributed by atoms with Crippen LogP contribution in [-0.2, 0) is 9.59 Å². The van der Waals surface area contributed by atoms with Crippen molar-refractivity contribution in [2.75, 3.05) is 44.2 Å². The Morgan fingerprint density at radius 2 is 1.52 bits per heavy atom. The lowest BCUT2D eigenvalue weighted by molar-refractivity contribution is -0.141. The van der Waals surface area contributed by atoms with Crippen LogP contribution in [0.5, 0.6) is 5.75 Å². The average molecular weight is 462 g/mol. The first-order valence-electron chi connectivity index (χ1n) is 11.9. The van der Waals surface area contributed by atoms with Gasteiger partial charge in [-0.2, -0.15) is 0 Å². The van der Waals surface area contributed by atoms with Gasteiger partial charge in [0.05, 0.1) is 48.5 Å². The van der Waals surface area contributed by atoms with Gasteiger partial charge in [0.15, 0.2) is 0 Å². The Hall–Kier alpha value is -2.20. The van der Waals surface area contributed by atoms with E-state index in [-0.39, 0.29) is 37.3 Å². The highest BCUT2D eigenvalue weighted by Crippen LogP contribution is 2.38. The molecule has 3 fully saturated rings. The third-order valence-corrected chi connectivity index (χ3v) is 6.89. The monoisotopic (exact) mass is 461 g/mol. The van der Waals surface area contributed by atoms with Gasteiger partial charge in [-0.05, 0) is 38.8 Å². The second-order valence-corrected chi connectivity index (χ2v) is 9.68. The first kappa shape index (κ1) is 23.9. The number of nitrogens with zero attached hydrogens (tertiary/aromatic N) is 3. The van der Waals surface area contributed by atoms with Gasteiger partial charge >= 0.3 is 0 Å². The van der Waals surface area contributed by atoms with Gasteiger partial charge in [-0.25, -0.2) is 0 Å². The smallest absolute Gasteiger partial charge is 0.233 e. The summed E-state index contributed by atoms with van der Waals surface area (Å²) in [5.41, 5.74) is 1.06. The van der Waals surface area contributed by atoms with Gasteiger partial charge in [-0.1, -0.05) is 12.1 Å². The Labute approximate surface area is 194 Å². The van der Waals surface area contributed by atoms with Crippen LogP contribution in [0.2, 0.25) is 0 Å². The van der Waals surface area contributed by atoms with Crippen LogP contribution in [0.25, 0.3) is 0 Å². The molecule has 3 aliphatic rings. The molecule has 5 unspecified atom stereocenters. The highest BCUT2D eigenvalue weighted by Gasteiger charge is 2.52. The van der Waals surface area contributed by atoms with Crippen LogP contribution in [0.3, 0.4) is 0 Å². The molecule has 182 valence electrons. The van der Waals surface area contributed by atoms with Crippen molar-refractivity contribution in [1.82, 2.24) is 9.80 Å². The zero-order chi connectivity index (χ0) is 23.7. The second kappa shape index (κ2) is 9.97. The van der Waals surface area contributed by atoms with E-state index in [9.17, 15) is 24.9 Å². The lowest BCUT2D eigenvalue weighted by Gasteiger charge is -2.37. The number of hydrogen-bond acceptors (Lipinski definition) is 8. The van der Waals surface area contributed by atoms with E-state index in [1.54, 1.807) is 0 Å². The number of likely N-dealkylation sites (tertiary alicyclic amines) is 1. The van der Waals surface area contributed by atoms with Gasteiger partial charge in [0.1, 0.15) is 5.75 Å². The summed E-state index contributed by atoms with van der Waals surface area (Å²) in [6.07, 6.45) is -2.55. The zero-order valence-corrected chi connectivity index (χ0v) is 19.3. The van der Waals surface area contributed by atoms with Gasteiger partial charge in [-0.15, -0.1) is 0 Å². The number of piperazine rings is 1. The number of aliphatic hydroxyl groups excluding tert-OH is 3. The molecule has 9 nitrogen and oxygen atoms in total. The van der Waals surface area contributed by atoms with Crippen molar-refractivity contribution < 1.29 is 29.6 Å². The molecule has 1 saturated carbocycles. The third kappa shape index (κ3) is 5.16. The van der Waals surface area contributed by atoms with Crippen LogP contribution in [0.15, 0.2) is 24.3 Å². The Balaban J connectivity index is 1.29. The fraction of sp³-hybridized carbons (Fsp3) is 0.667. The van der Waals surface area contributed by atoms with E-state index in [1.165, 1.54) is 0 Å². The normalized spacial score (nSPS) is 29.5. The maximum absolute atomic E-state index is 12.7. The minimum Gasteiger partial charge on any atom is -0.489 e. The predicted octanol–water partition coefficient (Wildman–Crippen LogP) is 0.0735. The number of β-amino-alcohol motifs (C(OH)–C–C–N with tert-alkyl or cyclic N) is 1. The SMILES string of the molecule is CC(C)Oc1ccccc1N1CCN(CC(O)CN2C(=O)C3CC(O)C(O)CC3C2=O)CC1. The second-order valence-electron chi connectivity index (χ2n) is 9.68. The van der Waals surface area contributed by atoms with Crippen LogP contribution < -0.4 is 9.64 Å². The topological polar surface area (TPSA) is 114 Å². The van der Waals surface area contributed by atoms with Gasteiger partial charge in [-0.3, -0.25) is 19.4 Å². The molecule has 1 aliphatic carbocycles. The van der Waals surface area contributed by atoms with Crippen molar-refractivity contribution in [2.24, 2.45) is 11.8 Å². The van der Waals surface area contributed by atoms with Gasteiger partial charge in [0.2, 0.25) is 11.8 Å². The summed E-state index contributed by atoms with van der Waals surface area (Å²) in [6.45, 7) is 7.39. The Bertz CT molecular complexity index is 828. The highest BCUT2D eigenvalue weighted by atomic mass is 16.5. The molecular formula is C24H35N3O6. The maximum atomic E-state index is 12.7.